The van der Waals surface area contributed by atoms with E-state index in [1.165, 1.54) is 17.4 Å². The molecule has 0 aliphatic rings. The quantitative estimate of drug-likeness (QED) is 0.792. The molecule has 0 radical (unpaired) electrons. The van der Waals surface area contributed by atoms with Gasteiger partial charge in [0, 0.05) is 16.6 Å². The van der Waals surface area contributed by atoms with Crippen LogP contribution in [0.2, 0.25) is 0 Å². The summed E-state index contributed by atoms with van der Waals surface area (Å²) in [5.74, 6) is 0. The van der Waals surface area contributed by atoms with Crippen molar-refractivity contribution in [2.45, 2.75) is 13.1 Å². The van der Waals surface area contributed by atoms with Gasteiger partial charge < -0.3 is 5.73 Å². The molecule has 0 saturated carbocycles. The predicted octanol–water partition coefficient (Wildman–Crippen LogP) is 3.72. The number of aromatic nitrogens is 1. The first kappa shape index (κ1) is 11.9. The van der Waals surface area contributed by atoms with Gasteiger partial charge in [0.1, 0.15) is 0 Å². The van der Waals surface area contributed by atoms with Gasteiger partial charge in [-0.25, -0.2) is 4.98 Å². The number of halogens is 3. The number of anilines is 1. The molecule has 0 saturated heterocycles. The summed E-state index contributed by atoms with van der Waals surface area (Å²) in [7, 11) is 0. The van der Waals surface area contributed by atoms with Crippen molar-refractivity contribution >= 4 is 17.0 Å². The van der Waals surface area contributed by atoms with Crippen molar-refractivity contribution in [1.29, 1.82) is 0 Å². The highest BCUT2D eigenvalue weighted by atomic mass is 32.1. The summed E-state index contributed by atoms with van der Waals surface area (Å²) < 4.78 is 37.8. The van der Waals surface area contributed by atoms with Crippen molar-refractivity contribution in [2.75, 3.05) is 5.73 Å². The minimum atomic E-state index is -4.39. The van der Waals surface area contributed by atoms with Crippen LogP contribution in [-0.2, 0) is 6.18 Å². The third-order valence-corrected chi connectivity index (χ3v) is 2.97. The van der Waals surface area contributed by atoms with Crippen molar-refractivity contribution in [3.8, 4) is 11.3 Å². The molecule has 90 valence electrons. The van der Waals surface area contributed by atoms with Crippen LogP contribution in [0, 0.1) is 6.92 Å². The van der Waals surface area contributed by atoms with Crippen LogP contribution in [0.5, 0.6) is 0 Å². The second kappa shape index (κ2) is 4.03. The lowest BCUT2D eigenvalue weighted by Crippen LogP contribution is -2.06. The minimum absolute atomic E-state index is 0.0838. The Kier molecular flexibility index (Phi) is 2.82. The molecule has 2 rings (SSSR count). The van der Waals surface area contributed by atoms with Crippen LogP contribution >= 0.6 is 11.3 Å². The molecular weight excluding hydrogens is 249 g/mol. The van der Waals surface area contributed by atoms with E-state index in [0.29, 0.717) is 11.3 Å². The van der Waals surface area contributed by atoms with Gasteiger partial charge in [0.25, 0.3) is 0 Å². The van der Waals surface area contributed by atoms with E-state index in [9.17, 15) is 13.2 Å². The Bertz CT molecular complexity index is 546. The molecule has 2 aromatic rings. The fraction of sp³-hybridized carbons (Fsp3) is 0.182. The number of hydrogen-bond donors (Lipinski definition) is 1. The molecule has 1 aromatic carbocycles. The molecular formula is C11H9F3N2S. The molecule has 0 spiro atoms. The fourth-order valence-electron chi connectivity index (χ4n) is 1.46. The fourth-order valence-corrected chi connectivity index (χ4v) is 2.08. The van der Waals surface area contributed by atoms with Crippen LogP contribution in [0.15, 0.2) is 23.6 Å². The summed E-state index contributed by atoms with van der Waals surface area (Å²) in [6, 6.07) is 3.47. The van der Waals surface area contributed by atoms with Gasteiger partial charge in [-0.3, -0.25) is 0 Å². The smallest absolute Gasteiger partial charge is 0.399 e. The maximum absolute atomic E-state index is 12.6. The topological polar surface area (TPSA) is 38.9 Å². The number of hydrogen-bond acceptors (Lipinski definition) is 3. The van der Waals surface area contributed by atoms with Crippen molar-refractivity contribution in [1.82, 2.24) is 4.98 Å². The lowest BCUT2D eigenvalue weighted by Gasteiger charge is -2.09. The third kappa shape index (κ3) is 2.58. The first-order valence-electron chi connectivity index (χ1n) is 4.76. The van der Waals surface area contributed by atoms with Gasteiger partial charge in [-0.05, 0) is 25.1 Å². The number of thiazole rings is 1. The van der Waals surface area contributed by atoms with Crippen molar-refractivity contribution in [2.24, 2.45) is 0 Å². The van der Waals surface area contributed by atoms with Crippen LogP contribution in [0.25, 0.3) is 11.3 Å². The average molecular weight is 258 g/mol. The molecule has 0 amide bonds. The average Bonchev–Trinajstić information content (AvgIpc) is 2.62. The molecule has 0 aliphatic carbocycles. The normalized spacial score (nSPS) is 11.8. The van der Waals surface area contributed by atoms with E-state index in [-0.39, 0.29) is 5.69 Å². The number of nitrogens with zero attached hydrogens (tertiary/aromatic N) is 1. The van der Waals surface area contributed by atoms with Crippen LogP contribution in [0.4, 0.5) is 18.9 Å². The first-order valence-corrected chi connectivity index (χ1v) is 5.64. The van der Waals surface area contributed by atoms with Crippen LogP contribution in [0.1, 0.15) is 10.6 Å². The van der Waals surface area contributed by atoms with Gasteiger partial charge in [-0.15, -0.1) is 11.3 Å². The summed E-state index contributed by atoms with van der Waals surface area (Å²) in [5, 5.41) is 2.51. The molecule has 6 heteroatoms. The zero-order chi connectivity index (χ0) is 12.6. The number of aryl methyl sites for hydroxylation is 1. The van der Waals surface area contributed by atoms with Crippen molar-refractivity contribution in [3.05, 3.63) is 34.2 Å². The Morgan fingerprint density at radius 2 is 1.94 bits per heavy atom. The summed E-state index contributed by atoms with van der Waals surface area (Å²) in [5.41, 5.74) is 5.72. The summed E-state index contributed by atoms with van der Waals surface area (Å²) in [4.78, 5) is 4.14. The van der Waals surface area contributed by atoms with E-state index < -0.39 is 11.7 Å². The van der Waals surface area contributed by atoms with Crippen LogP contribution in [0.3, 0.4) is 0 Å². The van der Waals surface area contributed by atoms with Gasteiger partial charge in [0.05, 0.1) is 16.3 Å². The highest BCUT2D eigenvalue weighted by Gasteiger charge is 2.31. The number of rotatable bonds is 1. The molecule has 1 heterocycles. The number of alkyl halides is 3. The molecule has 1 aromatic heterocycles. The zero-order valence-electron chi connectivity index (χ0n) is 8.88. The van der Waals surface area contributed by atoms with Crippen LogP contribution < -0.4 is 5.73 Å². The molecule has 17 heavy (non-hydrogen) atoms. The van der Waals surface area contributed by atoms with Crippen LogP contribution in [-0.4, -0.2) is 4.98 Å². The molecule has 2 N–H and O–H groups in total. The Balaban J connectivity index is 2.52. The van der Waals surface area contributed by atoms with E-state index in [2.05, 4.69) is 4.98 Å². The van der Waals surface area contributed by atoms with Gasteiger partial charge >= 0.3 is 6.18 Å². The SMILES string of the molecule is Cc1nc(-c2cc(N)cc(C(F)(F)F)c2)cs1. The van der Waals surface area contributed by atoms with E-state index in [0.717, 1.165) is 17.1 Å². The molecule has 0 aliphatic heterocycles. The van der Waals surface area contributed by atoms with Crippen molar-refractivity contribution in [3.63, 3.8) is 0 Å². The molecule has 2 nitrogen and oxygen atoms in total. The zero-order valence-corrected chi connectivity index (χ0v) is 9.69. The summed E-state index contributed by atoms with van der Waals surface area (Å²) in [6.45, 7) is 1.80. The van der Waals surface area contributed by atoms with Gasteiger partial charge in [0.2, 0.25) is 0 Å². The van der Waals surface area contributed by atoms with E-state index in [1.807, 2.05) is 0 Å². The second-order valence-corrected chi connectivity index (χ2v) is 4.66. The minimum Gasteiger partial charge on any atom is -0.399 e. The predicted molar refractivity (Wildman–Crippen MR) is 61.7 cm³/mol. The molecule has 0 atom stereocenters. The summed E-state index contributed by atoms with van der Waals surface area (Å²) >= 11 is 1.39. The maximum Gasteiger partial charge on any atom is 0.416 e. The first-order chi connectivity index (χ1) is 7.86. The lowest BCUT2D eigenvalue weighted by molar-refractivity contribution is -0.137. The number of nitrogen functional groups attached to an aromatic ring is 1. The standard InChI is InChI=1S/C11H9F3N2S/c1-6-16-10(5-17-6)7-2-8(11(12,13)14)4-9(15)3-7/h2-5H,15H2,1H3. The van der Waals surface area contributed by atoms with E-state index >= 15 is 0 Å². The van der Waals surface area contributed by atoms with Crippen molar-refractivity contribution < 1.29 is 13.2 Å². The summed E-state index contributed by atoms with van der Waals surface area (Å²) in [6.07, 6.45) is -4.39. The molecule has 0 unspecified atom stereocenters. The Morgan fingerprint density at radius 1 is 1.24 bits per heavy atom. The Morgan fingerprint density at radius 3 is 2.47 bits per heavy atom. The highest BCUT2D eigenvalue weighted by molar-refractivity contribution is 7.09. The molecule has 0 bridgehead atoms. The van der Waals surface area contributed by atoms with Gasteiger partial charge in [-0.2, -0.15) is 13.2 Å². The van der Waals surface area contributed by atoms with E-state index in [4.69, 9.17) is 5.73 Å². The second-order valence-electron chi connectivity index (χ2n) is 3.59. The lowest BCUT2D eigenvalue weighted by atomic mass is 10.1. The third-order valence-electron chi connectivity index (χ3n) is 2.20. The Hall–Kier alpha value is -1.56. The maximum atomic E-state index is 12.6. The number of nitrogens with two attached hydrogens (primary N) is 1. The largest absolute Gasteiger partial charge is 0.416 e. The monoisotopic (exact) mass is 258 g/mol. The Labute approximate surface area is 99.9 Å². The van der Waals surface area contributed by atoms with E-state index in [1.54, 1.807) is 12.3 Å². The highest BCUT2D eigenvalue weighted by Crippen LogP contribution is 2.34. The van der Waals surface area contributed by atoms with Gasteiger partial charge in [-0.1, -0.05) is 0 Å². The van der Waals surface area contributed by atoms with Gasteiger partial charge in [0.15, 0.2) is 0 Å². The molecule has 0 fully saturated rings. The number of benzene rings is 1.